The Morgan fingerprint density at radius 2 is 1.72 bits per heavy atom. The molecule has 1 saturated heterocycles. The summed E-state index contributed by atoms with van der Waals surface area (Å²) in [5.41, 5.74) is 1.74. The topological polar surface area (TPSA) is 78.5 Å². The van der Waals surface area contributed by atoms with E-state index >= 15 is 0 Å². The first-order chi connectivity index (χ1) is 13.8. The molecule has 1 heterocycles. The number of nitrogens with zero attached hydrogens (tertiary/aromatic N) is 1. The van der Waals surface area contributed by atoms with Gasteiger partial charge in [-0.3, -0.25) is 4.79 Å². The minimum Gasteiger partial charge on any atom is -0.372 e. The highest BCUT2D eigenvalue weighted by atomic mass is 32.2. The summed E-state index contributed by atoms with van der Waals surface area (Å²) in [4.78, 5) is 14.7. The van der Waals surface area contributed by atoms with Crippen LogP contribution in [0.4, 0.5) is 10.1 Å². The van der Waals surface area contributed by atoms with Crippen molar-refractivity contribution in [2.45, 2.75) is 37.1 Å². The zero-order valence-corrected chi connectivity index (χ0v) is 17.4. The van der Waals surface area contributed by atoms with Gasteiger partial charge >= 0.3 is 0 Å². The SMILES string of the molecule is CNS(=O)(=O)c1ccc(F)c(C(=O)NC(C)c2ccc(N3CCCCC3)cc2)c1. The second kappa shape index (κ2) is 8.92. The number of halogens is 1. The van der Waals surface area contributed by atoms with Crippen molar-refractivity contribution in [3.05, 3.63) is 59.4 Å². The predicted molar refractivity (Wildman–Crippen MR) is 111 cm³/mol. The minimum absolute atomic E-state index is 0.162. The molecule has 1 aliphatic heterocycles. The Hall–Kier alpha value is -2.45. The number of hydrogen-bond acceptors (Lipinski definition) is 4. The van der Waals surface area contributed by atoms with Gasteiger partial charge in [0.1, 0.15) is 5.82 Å². The summed E-state index contributed by atoms with van der Waals surface area (Å²) >= 11 is 0. The van der Waals surface area contributed by atoms with E-state index in [1.54, 1.807) is 6.92 Å². The molecule has 8 heteroatoms. The van der Waals surface area contributed by atoms with E-state index in [9.17, 15) is 17.6 Å². The normalized spacial score (nSPS) is 15.8. The summed E-state index contributed by atoms with van der Waals surface area (Å²) in [6.07, 6.45) is 3.66. The fraction of sp³-hybridized carbons (Fsp3) is 0.381. The van der Waals surface area contributed by atoms with E-state index in [4.69, 9.17) is 0 Å². The Bertz CT molecular complexity index is 971. The van der Waals surface area contributed by atoms with Gasteiger partial charge in [-0.05, 0) is 69.1 Å². The number of rotatable bonds is 6. The third kappa shape index (κ3) is 4.94. The Balaban J connectivity index is 1.72. The zero-order chi connectivity index (χ0) is 21.0. The molecule has 1 fully saturated rings. The molecule has 0 bridgehead atoms. The summed E-state index contributed by atoms with van der Waals surface area (Å²) in [6, 6.07) is 10.8. The molecule has 2 aromatic rings. The van der Waals surface area contributed by atoms with E-state index in [2.05, 4.69) is 14.9 Å². The van der Waals surface area contributed by atoms with E-state index in [-0.39, 0.29) is 16.5 Å². The highest BCUT2D eigenvalue weighted by Gasteiger charge is 2.20. The second-order valence-electron chi connectivity index (χ2n) is 7.18. The molecule has 0 radical (unpaired) electrons. The number of nitrogens with one attached hydrogen (secondary N) is 2. The van der Waals surface area contributed by atoms with Crippen molar-refractivity contribution in [2.24, 2.45) is 0 Å². The minimum atomic E-state index is -3.77. The maximum atomic E-state index is 14.1. The molecule has 1 amide bonds. The maximum Gasteiger partial charge on any atom is 0.254 e. The van der Waals surface area contributed by atoms with Crippen molar-refractivity contribution in [3.63, 3.8) is 0 Å². The number of carbonyl (C=O) groups excluding carboxylic acids is 1. The number of hydrogen-bond donors (Lipinski definition) is 2. The predicted octanol–water partition coefficient (Wildman–Crippen LogP) is 3.22. The van der Waals surface area contributed by atoms with Crippen LogP contribution >= 0.6 is 0 Å². The van der Waals surface area contributed by atoms with Crippen molar-refractivity contribution >= 4 is 21.6 Å². The van der Waals surface area contributed by atoms with Crippen LogP contribution in [0.15, 0.2) is 47.4 Å². The Labute approximate surface area is 171 Å². The standard InChI is InChI=1S/C21H26FN3O3S/c1-15(16-6-8-17(9-7-16)25-12-4-3-5-13-25)24-21(26)19-14-18(10-11-20(19)22)29(27,28)23-2/h6-11,14-15,23H,3-5,12-13H2,1-2H3,(H,24,26). The van der Waals surface area contributed by atoms with Crippen LogP contribution in [0.5, 0.6) is 0 Å². The molecule has 6 nitrogen and oxygen atoms in total. The number of amides is 1. The highest BCUT2D eigenvalue weighted by molar-refractivity contribution is 7.89. The molecule has 3 rings (SSSR count). The summed E-state index contributed by atoms with van der Waals surface area (Å²) in [5, 5.41) is 2.74. The Morgan fingerprint density at radius 3 is 2.34 bits per heavy atom. The molecule has 2 N–H and O–H groups in total. The number of sulfonamides is 1. The second-order valence-corrected chi connectivity index (χ2v) is 9.07. The summed E-state index contributed by atoms with van der Waals surface area (Å²) in [6.45, 7) is 3.91. The number of piperidine rings is 1. The smallest absolute Gasteiger partial charge is 0.254 e. The van der Waals surface area contributed by atoms with Gasteiger partial charge in [0.2, 0.25) is 10.0 Å². The van der Waals surface area contributed by atoms with Crippen LogP contribution in [0.2, 0.25) is 0 Å². The molecule has 0 aromatic heterocycles. The van der Waals surface area contributed by atoms with E-state index < -0.39 is 21.7 Å². The van der Waals surface area contributed by atoms with E-state index in [1.807, 2.05) is 24.3 Å². The molecule has 0 aliphatic carbocycles. The molecule has 2 aromatic carbocycles. The lowest BCUT2D eigenvalue weighted by molar-refractivity contribution is 0.0935. The lowest BCUT2D eigenvalue weighted by Gasteiger charge is -2.29. The quantitative estimate of drug-likeness (QED) is 0.754. The molecule has 1 unspecified atom stereocenters. The summed E-state index contributed by atoms with van der Waals surface area (Å²) in [5.74, 6) is -1.44. The van der Waals surface area contributed by atoms with E-state index in [0.29, 0.717) is 0 Å². The van der Waals surface area contributed by atoms with Gasteiger partial charge in [-0.25, -0.2) is 17.5 Å². The number of anilines is 1. The average Bonchev–Trinajstić information content (AvgIpc) is 2.74. The van der Waals surface area contributed by atoms with Crippen molar-refractivity contribution < 1.29 is 17.6 Å². The first-order valence-corrected chi connectivity index (χ1v) is 11.2. The van der Waals surface area contributed by atoms with Crippen LogP contribution in [0.3, 0.4) is 0 Å². The Kier molecular flexibility index (Phi) is 6.54. The maximum absolute atomic E-state index is 14.1. The number of carbonyl (C=O) groups is 1. The van der Waals surface area contributed by atoms with Gasteiger partial charge < -0.3 is 10.2 Å². The van der Waals surface area contributed by atoms with Gasteiger partial charge in [0.15, 0.2) is 0 Å². The molecule has 156 valence electrons. The molecular weight excluding hydrogens is 393 g/mol. The van der Waals surface area contributed by atoms with Crippen LogP contribution in [0.25, 0.3) is 0 Å². The van der Waals surface area contributed by atoms with Gasteiger partial charge in [0, 0.05) is 18.8 Å². The zero-order valence-electron chi connectivity index (χ0n) is 16.6. The van der Waals surface area contributed by atoms with E-state index in [1.165, 1.54) is 26.3 Å². The molecule has 1 aliphatic rings. The first kappa shape index (κ1) is 21.3. The van der Waals surface area contributed by atoms with Crippen LogP contribution in [0, 0.1) is 5.82 Å². The van der Waals surface area contributed by atoms with Gasteiger partial charge in [-0.15, -0.1) is 0 Å². The molecule has 29 heavy (non-hydrogen) atoms. The number of benzene rings is 2. The largest absolute Gasteiger partial charge is 0.372 e. The van der Waals surface area contributed by atoms with Gasteiger partial charge in [-0.2, -0.15) is 0 Å². The van der Waals surface area contributed by atoms with Gasteiger partial charge in [0.25, 0.3) is 5.91 Å². The molecular formula is C21H26FN3O3S. The highest BCUT2D eigenvalue weighted by Crippen LogP contribution is 2.23. The van der Waals surface area contributed by atoms with Gasteiger partial charge in [0.05, 0.1) is 16.5 Å². The lowest BCUT2D eigenvalue weighted by atomic mass is 10.1. The Morgan fingerprint density at radius 1 is 1.07 bits per heavy atom. The van der Waals surface area contributed by atoms with Crippen LogP contribution in [0.1, 0.15) is 48.1 Å². The monoisotopic (exact) mass is 419 g/mol. The van der Waals surface area contributed by atoms with Gasteiger partial charge in [-0.1, -0.05) is 12.1 Å². The molecule has 0 spiro atoms. The molecule has 1 atom stereocenters. The molecule has 0 saturated carbocycles. The van der Waals surface area contributed by atoms with Crippen molar-refractivity contribution in [1.82, 2.24) is 10.0 Å². The summed E-state index contributed by atoms with van der Waals surface area (Å²) < 4.78 is 40.1. The fourth-order valence-electron chi connectivity index (χ4n) is 3.45. The first-order valence-electron chi connectivity index (χ1n) is 9.70. The average molecular weight is 420 g/mol. The van der Waals surface area contributed by atoms with Crippen molar-refractivity contribution in [3.8, 4) is 0 Å². The third-order valence-corrected chi connectivity index (χ3v) is 6.64. The van der Waals surface area contributed by atoms with E-state index in [0.717, 1.165) is 42.5 Å². The third-order valence-electron chi connectivity index (χ3n) is 5.22. The van der Waals surface area contributed by atoms with Crippen molar-refractivity contribution in [2.75, 3.05) is 25.0 Å². The summed E-state index contributed by atoms with van der Waals surface area (Å²) in [7, 11) is -2.51. The fourth-order valence-corrected chi connectivity index (χ4v) is 4.20. The van der Waals surface area contributed by atoms with Crippen molar-refractivity contribution in [1.29, 1.82) is 0 Å². The van der Waals surface area contributed by atoms with Crippen LogP contribution in [-0.4, -0.2) is 34.5 Å². The van der Waals surface area contributed by atoms with Crippen LogP contribution in [-0.2, 0) is 10.0 Å². The van der Waals surface area contributed by atoms with Crippen LogP contribution < -0.4 is 14.9 Å². The lowest BCUT2D eigenvalue weighted by Crippen LogP contribution is -2.30.